The van der Waals surface area contributed by atoms with E-state index in [0.29, 0.717) is 11.7 Å². The highest BCUT2D eigenvalue weighted by atomic mass is 32.1. The molecule has 0 fully saturated rings. The van der Waals surface area contributed by atoms with Gasteiger partial charge in [0.1, 0.15) is 6.04 Å². The van der Waals surface area contributed by atoms with Gasteiger partial charge in [-0.15, -0.1) is 11.3 Å². The molecule has 0 saturated carbocycles. The number of benzene rings is 1. The van der Waals surface area contributed by atoms with E-state index in [1.165, 1.54) is 23.8 Å². The SMILES string of the molecule is CC(=O)NCCCc1ccc(-c2csc(NC(=O)C(C)n3cccn3)n2)cc1. The van der Waals surface area contributed by atoms with Gasteiger partial charge in [0.25, 0.3) is 5.91 Å². The molecular weight excluding hydrogens is 374 g/mol. The minimum atomic E-state index is -0.404. The van der Waals surface area contributed by atoms with E-state index in [1.807, 2.05) is 17.5 Å². The number of thiazole rings is 1. The van der Waals surface area contributed by atoms with Crippen molar-refractivity contribution in [3.8, 4) is 11.3 Å². The second-order valence-electron chi connectivity index (χ2n) is 6.47. The Balaban J connectivity index is 1.56. The summed E-state index contributed by atoms with van der Waals surface area (Å²) in [5, 5.41) is 12.2. The lowest BCUT2D eigenvalue weighted by Gasteiger charge is -2.10. The number of carbonyl (C=O) groups is 2. The quantitative estimate of drug-likeness (QED) is 0.571. The van der Waals surface area contributed by atoms with Gasteiger partial charge in [0.2, 0.25) is 5.91 Å². The Morgan fingerprint density at radius 2 is 2.04 bits per heavy atom. The maximum absolute atomic E-state index is 12.3. The highest BCUT2D eigenvalue weighted by Gasteiger charge is 2.16. The standard InChI is InChI=1S/C20H23N5O2S/c1-14(25-12-4-11-22-25)19(27)24-20-23-18(13-28-20)17-8-6-16(7-9-17)5-3-10-21-15(2)26/h4,6-9,11-14H,3,5,10H2,1-2H3,(H,21,26)(H,23,24,27). The molecule has 0 aliphatic rings. The van der Waals surface area contributed by atoms with Gasteiger partial charge < -0.3 is 10.6 Å². The minimum absolute atomic E-state index is 0.000733. The van der Waals surface area contributed by atoms with Gasteiger partial charge in [-0.2, -0.15) is 5.10 Å². The van der Waals surface area contributed by atoms with Crippen molar-refractivity contribution in [1.29, 1.82) is 0 Å². The first kappa shape index (κ1) is 19.8. The summed E-state index contributed by atoms with van der Waals surface area (Å²) in [4.78, 5) is 27.7. The Hall–Kier alpha value is -3.00. The van der Waals surface area contributed by atoms with Crippen LogP contribution in [0.3, 0.4) is 0 Å². The Labute approximate surface area is 167 Å². The first-order chi connectivity index (χ1) is 13.5. The van der Waals surface area contributed by atoms with Crippen molar-refractivity contribution in [3.63, 3.8) is 0 Å². The molecule has 0 aliphatic heterocycles. The largest absolute Gasteiger partial charge is 0.356 e. The summed E-state index contributed by atoms with van der Waals surface area (Å²) in [6.45, 7) is 4.00. The average molecular weight is 398 g/mol. The first-order valence-corrected chi connectivity index (χ1v) is 10.00. The molecule has 2 aromatic heterocycles. The van der Waals surface area contributed by atoms with E-state index in [1.54, 1.807) is 30.1 Å². The zero-order valence-electron chi connectivity index (χ0n) is 15.9. The molecule has 146 valence electrons. The van der Waals surface area contributed by atoms with Crippen LogP contribution >= 0.6 is 11.3 Å². The number of carbonyl (C=O) groups excluding carboxylic acids is 2. The third kappa shape index (κ3) is 5.26. The highest BCUT2D eigenvalue weighted by molar-refractivity contribution is 7.14. The molecule has 2 N–H and O–H groups in total. The molecule has 0 bridgehead atoms. The number of anilines is 1. The summed E-state index contributed by atoms with van der Waals surface area (Å²) >= 11 is 1.40. The molecule has 2 amide bonds. The molecule has 2 heterocycles. The lowest BCUT2D eigenvalue weighted by molar-refractivity contribution is -0.119. The molecule has 7 nitrogen and oxygen atoms in total. The molecule has 3 rings (SSSR count). The van der Waals surface area contributed by atoms with Crippen LogP contribution in [0.15, 0.2) is 48.1 Å². The zero-order valence-corrected chi connectivity index (χ0v) is 16.7. The van der Waals surface area contributed by atoms with Gasteiger partial charge in [-0.05, 0) is 31.4 Å². The number of nitrogens with zero attached hydrogens (tertiary/aromatic N) is 3. The molecule has 1 unspecified atom stereocenters. The van der Waals surface area contributed by atoms with Gasteiger partial charge in [-0.3, -0.25) is 14.3 Å². The molecule has 0 saturated heterocycles. The number of amides is 2. The fourth-order valence-electron chi connectivity index (χ4n) is 2.70. The molecule has 3 aromatic rings. The average Bonchev–Trinajstić information content (AvgIpc) is 3.37. The predicted octanol–water partition coefficient (Wildman–Crippen LogP) is 3.28. The molecule has 1 atom stereocenters. The highest BCUT2D eigenvalue weighted by Crippen LogP contribution is 2.26. The second kappa shape index (κ2) is 9.27. The minimum Gasteiger partial charge on any atom is -0.356 e. The van der Waals surface area contributed by atoms with Gasteiger partial charge >= 0.3 is 0 Å². The van der Waals surface area contributed by atoms with Crippen molar-refractivity contribution in [1.82, 2.24) is 20.1 Å². The lowest BCUT2D eigenvalue weighted by atomic mass is 10.1. The molecule has 8 heteroatoms. The Kier molecular flexibility index (Phi) is 6.54. The van der Waals surface area contributed by atoms with Crippen molar-refractivity contribution in [3.05, 3.63) is 53.7 Å². The van der Waals surface area contributed by atoms with Crippen molar-refractivity contribution >= 4 is 28.3 Å². The van der Waals surface area contributed by atoms with Crippen molar-refractivity contribution in [2.75, 3.05) is 11.9 Å². The summed E-state index contributed by atoms with van der Waals surface area (Å²) in [7, 11) is 0. The number of aromatic nitrogens is 3. The van der Waals surface area contributed by atoms with Crippen molar-refractivity contribution < 1.29 is 9.59 Å². The van der Waals surface area contributed by atoms with E-state index in [2.05, 4.69) is 32.8 Å². The summed E-state index contributed by atoms with van der Waals surface area (Å²) in [5.74, 6) is -0.153. The van der Waals surface area contributed by atoms with E-state index in [0.717, 1.165) is 24.1 Å². The van der Waals surface area contributed by atoms with Crippen LogP contribution in [-0.4, -0.2) is 33.1 Å². The number of hydrogen-bond donors (Lipinski definition) is 2. The number of aryl methyl sites for hydroxylation is 1. The predicted molar refractivity (Wildman–Crippen MR) is 110 cm³/mol. The molecule has 1 aromatic carbocycles. The summed E-state index contributed by atoms with van der Waals surface area (Å²) < 4.78 is 1.61. The summed E-state index contributed by atoms with van der Waals surface area (Å²) in [6, 6.07) is 9.58. The fraction of sp³-hybridized carbons (Fsp3) is 0.300. The smallest absolute Gasteiger partial charge is 0.250 e. The van der Waals surface area contributed by atoms with Crippen LogP contribution in [0.2, 0.25) is 0 Å². The van der Waals surface area contributed by atoms with Gasteiger partial charge in [-0.1, -0.05) is 24.3 Å². The number of hydrogen-bond acceptors (Lipinski definition) is 5. The fourth-order valence-corrected chi connectivity index (χ4v) is 3.43. The van der Waals surface area contributed by atoms with Crippen molar-refractivity contribution in [2.24, 2.45) is 0 Å². The molecule has 0 radical (unpaired) electrons. The Morgan fingerprint density at radius 1 is 1.25 bits per heavy atom. The monoisotopic (exact) mass is 397 g/mol. The summed E-state index contributed by atoms with van der Waals surface area (Å²) in [6.07, 6.45) is 5.22. The molecule has 0 spiro atoms. The van der Waals surface area contributed by atoms with E-state index < -0.39 is 6.04 Å². The number of rotatable bonds is 8. The third-order valence-corrected chi connectivity index (χ3v) is 5.06. The van der Waals surface area contributed by atoms with Crippen LogP contribution in [0.4, 0.5) is 5.13 Å². The van der Waals surface area contributed by atoms with E-state index in [4.69, 9.17) is 0 Å². The van der Waals surface area contributed by atoms with Gasteiger partial charge in [0.15, 0.2) is 5.13 Å². The Bertz CT molecular complexity index is 918. The zero-order chi connectivity index (χ0) is 19.9. The van der Waals surface area contributed by atoms with Crippen LogP contribution < -0.4 is 10.6 Å². The number of nitrogens with one attached hydrogen (secondary N) is 2. The van der Waals surface area contributed by atoms with Gasteiger partial charge in [-0.25, -0.2) is 4.98 Å². The van der Waals surface area contributed by atoms with Gasteiger partial charge in [0.05, 0.1) is 5.69 Å². The van der Waals surface area contributed by atoms with Crippen molar-refractivity contribution in [2.45, 2.75) is 32.7 Å². The van der Waals surface area contributed by atoms with Crippen LogP contribution in [0.1, 0.15) is 31.9 Å². The first-order valence-electron chi connectivity index (χ1n) is 9.12. The van der Waals surface area contributed by atoms with Crippen LogP contribution in [0.25, 0.3) is 11.3 Å². The second-order valence-corrected chi connectivity index (χ2v) is 7.33. The third-order valence-electron chi connectivity index (χ3n) is 4.30. The molecule has 0 aliphatic carbocycles. The van der Waals surface area contributed by atoms with Crippen LogP contribution in [-0.2, 0) is 16.0 Å². The maximum Gasteiger partial charge on any atom is 0.250 e. The van der Waals surface area contributed by atoms with Crippen LogP contribution in [0.5, 0.6) is 0 Å². The van der Waals surface area contributed by atoms with E-state index in [-0.39, 0.29) is 11.8 Å². The van der Waals surface area contributed by atoms with E-state index in [9.17, 15) is 9.59 Å². The lowest BCUT2D eigenvalue weighted by Crippen LogP contribution is -2.23. The van der Waals surface area contributed by atoms with Crippen LogP contribution in [0, 0.1) is 0 Å². The van der Waals surface area contributed by atoms with E-state index >= 15 is 0 Å². The molecular formula is C20H23N5O2S. The Morgan fingerprint density at radius 3 is 2.71 bits per heavy atom. The topological polar surface area (TPSA) is 88.9 Å². The maximum atomic E-state index is 12.3. The van der Waals surface area contributed by atoms with Gasteiger partial charge in [0, 0.05) is 36.8 Å². The molecule has 28 heavy (non-hydrogen) atoms. The normalized spacial score (nSPS) is 11.8. The summed E-state index contributed by atoms with van der Waals surface area (Å²) in [5.41, 5.74) is 3.05.